The monoisotopic (exact) mass is 273 g/mol. The van der Waals surface area contributed by atoms with E-state index in [9.17, 15) is 0 Å². The van der Waals surface area contributed by atoms with Crippen molar-refractivity contribution in [3.05, 3.63) is 23.8 Å². The van der Waals surface area contributed by atoms with Crippen LogP contribution in [0.2, 0.25) is 0 Å². The van der Waals surface area contributed by atoms with E-state index in [4.69, 9.17) is 19.3 Å². The van der Waals surface area contributed by atoms with E-state index in [1.165, 1.54) is 0 Å². The summed E-state index contributed by atoms with van der Waals surface area (Å²) in [6.07, 6.45) is 0. The van der Waals surface area contributed by atoms with Crippen molar-refractivity contribution in [1.82, 2.24) is 0 Å². The van der Waals surface area contributed by atoms with Gasteiger partial charge in [0.05, 0.1) is 29.4 Å². The lowest BCUT2D eigenvalue weighted by Gasteiger charge is -2.32. The Balaban J connectivity index is 2.37. The first-order valence-electron chi connectivity index (χ1n) is 6.83. The molecule has 5 heteroatoms. The van der Waals surface area contributed by atoms with Crippen molar-refractivity contribution >= 4 is 12.6 Å². The highest BCUT2D eigenvalue weighted by Gasteiger charge is 2.52. The van der Waals surface area contributed by atoms with Crippen molar-refractivity contribution in [2.45, 2.75) is 45.8 Å². The quantitative estimate of drug-likeness (QED) is 0.793. The number of hydrogen-bond donors (Lipinski definition) is 0. The lowest BCUT2D eigenvalue weighted by Crippen LogP contribution is -2.41. The molecule has 106 valence electrons. The molecule has 0 bridgehead atoms. The van der Waals surface area contributed by atoms with E-state index in [1.54, 1.807) is 12.1 Å². The van der Waals surface area contributed by atoms with Gasteiger partial charge in [-0.15, -0.1) is 0 Å². The van der Waals surface area contributed by atoms with Gasteiger partial charge in [0.2, 0.25) is 0 Å². The Kier molecular flexibility index (Phi) is 3.81. The summed E-state index contributed by atoms with van der Waals surface area (Å²) in [5.74, 6) is 0.644. The van der Waals surface area contributed by atoms with Crippen LogP contribution in [0.5, 0.6) is 5.75 Å². The molecule has 0 amide bonds. The molecule has 0 aromatic heterocycles. The van der Waals surface area contributed by atoms with Crippen LogP contribution in [0.1, 0.15) is 40.2 Å². The van der Waals surface area contributed by atoms with Gasteiger partial charge in [-0.3, -0.25) is 0 Å². The van der Waals surface area contributed by atoms with Crippen molar-refractivity contribution in [3.63, 3.8) is 0 Å². The molecule has 0 N–H and O–H groups in total. The minimum Gasteiger partial charge on any atom is -0.494 e. The largest absolute Gasteiger partial charge is 0.498 e. The number of nitrogens with zero attached hydrogens (tertiary/aromatic N) is 1. The summed E-state index contributed by atoms with van der Waals surface area (Å²) in [7, 11) is -0.478. The standard InChI is InChI=1S/C15H20BNO3/c1-6-18-13-9-11(10-17)7-8-12(13)16-19-14(2,3)15(4,5)20-16/h7-9H,6H2,1-5H3. The highest BCUT2D eigenvalue weighted by Crippen LogP contribution is 2.37. The molecule has 1 fully saturated rings. The number of benzene rings is 1. The molecular weight excluding hydrogens is 253 g/mol. The SMILES string of the molecule is CCOc1cc(C#N)ccc1B1OC(C)(C)C(C)(C)O1. The van der Waals surface area contributed by atoms with E-state index >= 15 is 0 Å². The van der Waals surface area contributed by atoms with Gasteiger partial charge in [0.15, 0.2) is 0 Å². The van der Waals surface area contributed by atoms with Crippen LogP contribution in [-0.2, 0) is 9.31 Å². The number of nitriles is 1. The Morgan fingerprint density at radius 1 is 1.20 bits per heavy atom. The molecular formula is C15H20BNO3. The topological polar surface area (TPSA) is 51.5 Å². The van der Waals surface area contributed by atoms with Crippen molar-refractivity contribution in [2.75, 3.05) is 6.61 Å². The van der Waals surface area contributed by atoms with Gasteiger partial charge in [0, 0.05) is 5.46 Å². The van der Waals surface area contributed by atoms with Crippen molar-refractivity contribution in [2.24, 2.45) is 0 Å². The molecule has 1 aliphatic heterocycles. The summed E-state index contributed by atoms with van der Waals surface area (Å²) < 4.78 is 17.7. The highest BCUT2D eigenvalue weighted by molar-refractivity contribution is 6.63. The summed E-state index contributed by atoms with van der Waals surface area (Å²) in [5.41, 5.74) is 0.600. The van der Waals surface area contributed by atoms with Crippen LogP contribution < -0.4 is 10.2 Å². The van der Waals surface area contributed by atoms with Crippen LogP contribution in [0, 0.1) is 11.3 Å². The van der Waals surface area contributed by atoms with Gasteiger partial charge in [-0.25, -0.2) is 0 Å². The lowest BCUT2D eigenvalue weighted by molar-refractivity contribution is 0.00578. The second kappa shape index (κ2) is 5.12. The van der Waals surface area contributed by atoms with Crippen molar-refractivity contribution in [1.29, 1.82) is 5.26 Å². The maximum atomic E-state index is 8.98. The van der Waals surface area contributed by atoms with Crippen LogP contribution >= 0.6 is 0 Å². The fourth-order valence-electron chi connectivity index (χ4n) is 2.05. The predicted molar refractivity (Wildman–Crippen MR) is 78.0 cm³/mol. The number of hydrogen-bond acceptors (Lipinski definition) is 4. The molecule has 0 spiro atoms. The summed E-state index contributed by atoms with van der Waals surface area (Å²) in [6.45, 7) is 10.5. The fraction of sp³-hybridized carbons (Fsp3) is 0.533. The van der Waals surface area contributed by atoms with E-state index in [0.29, 0.717) is 17.9 Å². The molecule has 0 saturated carbocycles. The van der Waals surface area contributed by atoms with Gasteiger partial charge < -0.3 is 14.0 Å². The Morgan fingerprint density at radius 3 is 2.30 bits per heavy atom. The minimum absolute atomic E-state index is 0.394. The second-order valence-electron chi connectivity index (χ2n) is 5.89. The Hall–Kier alpha value is -1.51. The van der Waals surface area contributed by atoms with Crippen LogP contribution in [0.3, 0.4) is 0 Å². The molecule has 0 aliphatic carbocycles. The zero-order valence-corrected chi connectivity index (χ0v) is 12.7. The van der Waals surface area contributed by atoms with Gasteiger partial charge in [0.1, 0.15) is 5.75 Å². The Morgan fingerprint density at radius 2 is 1.80 bits per heavy atom. The Bertz CT molecular complexity index is 533. The van der Waals surface area contributed by atoms with Crippen LogP contribution in [0.4, 0.5) is 0 Å². The average Bonchev–Trinajstić information content (AvgIpc) is 2.58. The molecule has 1 aromatic carbocycles. The van der Waals surface area contributed by atoms with Crippen molar-refractivity contribution < 1.29 is 14.0 Å². The van der Waals surface area contributed by atoms with Crippen LogP contribution in [0.25, 0.3) is 0 Å². The first kappa shape index (κ1) is 14.9. The van der Waals surface area contributed by atoms with Gasteiger partial charge in [0.25, 0.3) is 0 Å². The lowest BCUT2D eigenvalue weighted by atomic mass is 9.78. The van der Waals surface area contributed by atoms with E-state index in [0.717, 1.165) is 5.46 Å². The molecule has 20 heavy (non-hydrogen) atoms. The van der Waals surface area contributed by atoms with E-state index < -0.39 is 18.3 Å². The normalized spacial score (nSPS) is 19.7. The molecule has 1 aliphatic rings. The predicted octanol–water partition coefficient (Wildman–Crippen LogP) is 2.26. The molecule has 0 atom stereocenters. The third-order valence-electron chi connectivity index (χ3n) is 3.95. The zero-order chi connectivity index (χ0) is 15.0. The summed E-state index contributed by atoms with van der Waals surface area (Å²) in [6, 6.07) is 7.43. The summed E-state index contributed by atoms with van der Waals surface area (Å²) in [4.78, 5) is 0. The molecule has 0 unspecified atom stereocenters. The summed E-state index contributed by atoms with van der Waals surface area (Å²) in [5, 5.41) is 8.98. The molecule has 4 nitrogen and oxygen atoms in total. The van der Waals surface area contributed by atoms with Gasteiger partial charge >= 0.3 is 7.12 Å². The molecule has 1 aromatic rings. The van der Waals surface area contributed by atoms with E-state index in [2.05, 4.69) is 6.07 Å². The second-order valence-corrected chi connectivity index (χ2v) is 5.89. The van der Waals surface area contributed by atoms with E-state index in [1.807, 2.05) is 40.7 Å². The van der Waals surface area contributed by atoms with Gasteiger partial charge in [-0.05, 0) is 46.8 Å². The Labute approximate surface area is 120 Å². The maximum Gasteiger partial charge on any atom is 0.498 e. The highest BCUT2D eigenvalue weighted by atomic mass is 16.7. The minimum atomic E-state index is -0.478. The first-order valence-corrected chi connectivity index (χ1v) is 6.83. The molecule has 0 radical (unpaired) electrons. The average molecular weight is 273 g/mol. The van der Waals surface area contributed by atoms with Crippen LogP contribution in [0.15, 0.2) is 18.2 Å². The van der Waals surface area contributed by atoms with Crippen molar-refractivity contribution in [3.8, 4) is 11.8 Å². The number of ether oxygens (including phenoxy) is 1. The molecule has 1 heterocycles. The molecule has 2 rings (SSSR count). The molecule has 1 saturated heterocycles. The fourth-order valence-corrected chi connectivity index (χ4v) is 2.05. The smallest absolute Gasteiger partial charge is 0.494 e. The van der Waals surface area contributed by atoms with E-state index in [-0.39, 0.29) is 0 Å². The first-order chi connectivity index (χ1) is 9.30. The van der Waals surface area contributed by atoms with Gasteiger partial charge in [-0.1, -0.05) is 6.07 Å². The third-order valence-corrected chi connectivity index (χ3v) is 3.95. The van der Waals surface area contributed by atoms with Crippen LogP contribution in [-0.4, -0.2) is 24.9 Å². The summed E-state index contributed by atoms with van der Waals surface area (Å²) >= 11 is 0. The van der Waals surface area contributed by atoms with Gasteiger partial charge in [-0.2, -0.15) is 5.26 Å². The maximum absolute atomic E-state index is 8.98. The zero-order valence-electron chi connectivity index (χ0n) is 12.7. The number of rotatable bonds is 3. The third kappa shape index (κ3) is 2.54.